The molecule has 6 heteroatoms. The summed E-state index contributed by atoms with van der Waals surface area (Å²) < 4.78 is 1.38. The van der Waals surface area contributed by atoms with Crippen LogP contribution in [0.2, 0.25) is 5.02 Å². The molecule has 0 amide bonds. The van der Waals surface area contributed by atoms with Crippen molar-refractivity contribution in [2.45, 2.75) is 32.2 Å². The van der Waals surface area contributed by atoms with Crippen LogP contribution in [-0.4, -0.2) is 21.1 Å². The summed E-state index contributed by atoms with van der Waals surface area (Å²) in [6.45, 7) is 1.69. The minimum atomic E-state index is -0.622. The number of nitrogens with zero attached hydrogens (tertiary/aromatic N) is 2. The van der Waals surface area contributed by atoms with Gasteiger partial charge in [-0.2, -0.15) is 0 Å². The van der Waals surface area contributed by atoms with E-state index in [1.54, 1.807) is 25.1 Å². The van der Waals surface area contributed by atoms with Gasteiger partial charge >= 0.3 is 0 Å². The fraction of sp³-hybridized carbons (Fsp3) is 0.333. The number of ketones is 2. The van der Waals surface area contributed by atoms with Gasteiger partial charge in [-0.05, 0) is 25.5 Å². The highest BCUT2D eigenvalue weighted by atomic mass is 35.5. The second kappa shape index (κ2) is 5.07. The number of aryl methyl sites for hydroxylation is 1. The molecular formula is C15H13ClN2O3. The van der Waals surface area contributed by atoms with Crippen LogP contribution in [0.5, 0.6) is 0 Å². The fourth-order valence-corrected chi connectivity index (χ4v) is 3.06. The van der Waals surface area contributed by atoms with Gasteiger partial charge in [0, 0.05) is 6.42 Å². The van der Waals surface area contributed by atoms with Crippen molar-refractivity contribution in [3.05, 3.63) is 39.4 Å². The standard InChI is InChI=1S/C15H13ClN2O3/c1-8-17-11-4-2-3-10(16)14(11)15(21)18(8)12-6-5-9(19)7-13(12)20/h2-4,12H,5-7H2,1H3. The van der Waals surface area contributed by atoms with E-state index in [-0.39, 0.29) is 23.5 Å². The molecule has 0 aliphatic heterocycles. The van der Waals surface area contributed by atoms with Crippen molar-refractivity contribution >= 4 is 34.1 Å². The van der Waals surface area contributed by atoms with Crippen LogP contribution >= 0.6 is 11.6 Å². The molecule has 21 heavy (non-hydrogen) atoms. The molecule has 1 unspecified atom stereocenters. The van der Waals surface area contributed by atoms with E-state index in [2.05, 4.69) is 4.98 Å². The molecule has 1 aliphatic rings. The van der Waals surface area contributed by atoms with Crippen LogP contribution in [0.4, 0.5) is 0 Å². The van der Waals surface area contributed by atoms with Crippen molar-refractivity contribution in [2.24, 2.45) is 0 Å². The van der Waals surface area contributed by atoms with E-state index < -0.39 is 6.04 Å². The van der Waals surface area contributed by atoms with Crippen LogP contribution < -0.4 is 5.56 Å². The van der Waals surface area contributed by atoms with Crippen molar-refractivity contribution in [1.29, 1.82) is 0 Å². The first-order valence-electron chi connectivity index (χ1n) is 6.71. The Morgan fingerprint density at radius 3 is 2.76 bits per heavy atom. The van der Waals surface area contributed by atoms with Gasteiger partial charge in [0.25, 0.3) is 5.56 Å². The average molecular weight is 305 g/mol. The normalized spacial score (nSPS) is 19.2. The number of hydrogen-bond acceptors (Lipinski definition) is 4. The van der Waals surface area contributed by atoms with Crippen LogP contribution in [0.25, 0.3) is 10.9 Å². The predicted molar refractivity (Wildman–Crippen MR) is 78.7 cm³/mol. The molecule has 0 spiro atoms. The number of carbonyl (C=O) groups is 2. The summed E-state index contributed by atoms with van der Waals surface area (Å²) in [6.07, 6.45) is 0.538. The third-order valence-corrected chi connectivity index (χ3v) is 4.12. The summed E-state index contributed by atoms with van der Waals surface area (Å²) in [6, 6.07) is 4.44. The van der Waals surface area contributed by atoms with E-state index >= 15 is 0 Å². The van der Waals surface area contributed by atoms with Gasteiger partial charge < -0.3 is 0 Å². The van der Waals surface area contributed by atoms with Gasteiger partial charge in [-0.15, -0.1) is 0 Å². The number of fused-ring (bicyclic) bond motifs is 1. The number of Topliss-reactive ketones (excluding diaryl/α,β-unsaturated/α-hetero) is 2. The molecule has 1 heterocycles. The zero-order valence-corrected chi connectivity index (χ0v) is 12.2. The number of benzene rings is 1. The molecule has 5 nitrogen and oxygen atoms in total. The smallest absolute Gasteiger partial charge is 0.263 e. The molecule has 1 aliphatic carbocycles. The zero-order chi connectivity index (χ0) is 15.1. The molecule has 0 radical (unpaired) electrons. The molecule has 2 aromatic rings. The van der Waals surface area contributed by atoms with E-state index in [1.807, 2.05) is 0 Å². The maximum Gasteiger partial charge on any atom is 0.263 e. The Balaban J connectivity index is 2.24. The molecule has 0 N–H and O–H groups in total. The van der Waals surface area contributed by atoms with Crippen molar-refractivity contribution < 1.29 is 9.59 Å². The van der Waals surface area contributed by atoms with E-state index in [0.29, 0.717) is 34.6 Å². The Morgan fingerprint density at radius 1 is 1.29 bits per heavy atom. The third kappa shape index (κ3) is 2.27. The molecule has 1 atom stereocenters. The first kappa shape index (κ1) is 13.9. The number of halogens is 1. The van der Waals surface area contributed by atoms with Gasteiger partial charge in [-0.3, -0.25) is 19.0 Å². The van der Waals surface area contributed by atoms with Gasteiger partial charge in [-0.25, -0.2) is 4.98 Å². The molecule has 1 aromatic carbocycles. The molecule has 108 valence electrons. The van der Waals surface area contributed by atoms with Crippen molar-refractivity contribution in [3.63, 3.8) is 0 Å². The number of carbonyl (C=O) groups excluding carboxylic acids is 2. The van der Waals surface area contributed by atoms with Gasteiger partial charge in [0.05, 0.1) is 28.4 Å². The summed E-state index contributed by atoms with van der Waals surface area (Å²) in [7, 11) is 0. The summed E-state index contributed by atoms with van der Waals surface area (Å²) in [4.78, 5) is 40.5. The summed E-state index contributed by atoms with van der Waals surface area (Å²) in [5.74, 6) is 0.154. The Hall–Kier alpha value is -2.01. The Morgan fingerprint density at radius 2 is 2.05 bits per heavy atom. The number of rotatable bonds is 1. The van der Waals surface area contributed by atoms with Crippen LogP contribution in [0.15, 0.2) is 23.0 Å². The molecular weight excluding hydrogens is 292 g/mol. The lowest BCUT2D eigenvalue weighted by atomic mass is 9.92. The Kier molecular flexibility index (Phi) is 3.37. The van der Waals surface area contributed by atoms with Gasteiger partial charge in [0.15, 0.2) is 5.78 Å². The summed E-state index contributed by atoms with van der Waals surface area (Å²) in [5.41, 5.74) is 0.191. The van der Waals surface area contributed by atoms with E-state index in [4.69, 9.17) is 11.6 Å². The highest BCUT2D eigenvalue weighted by Crippen LogP contribution is 2.25. The van der Waals surface area contributed by atoms with E-state index in [0.717, 1.165) is 0 Å². The first-order valence-corrected chi connectivity index (χ1v) is 7.08. The minimum Gasteiger partial charge on any atom is -0.299 e. The average Bonchev–Trinajstić information content (AvgIpc) is 2.40. The fourth-order valence-electron chi connectivity index (χ4n) is 2.81. The van der Waals surface area contributed by atoms with Crippen molar-refractivity contribution in [1.82, 2.24) is 9.55 Å². The summed E-state index contributed by atoms with van der Waals surface area (Å²) in [5, 5.41) is 0.632. The predicted octanol–water partition coefficient (Wildman–Crippen LogP) is 2.22. The SMILES string of the molecule is Cc1nc2cccc(Cl)c2c(=O)n1C1CCC(=O)CC1=O. The lowest BCUT2D eigenvalue weighted by molar-refractivity contribution is -0.132. The third-order valence-electron chi connectivity index (χ3n) is 3.81. The molecule has 0 saturated heterocycles. The lowest BCUT2D eigenvalue weighted by Gasteiger charge is -2.24. The molecule has 1 fully saturated rings. The second-order valence-electron chi connectivity index (χ2n) is 5.20. The van der Waals surface area contributed by atoms with Crippen molar-refractivity contribution in [3.8, 4) is 0 Å². The topological polar surface area (TPSA) is 69.0 Å². The zero-order valence-electron chi connectivity index (χ0n) is 11.4. The Bertz CT molecular complexity index is 826. The highest BCUT2D eigenvalue weighted by Gasteiger charge is 2.30. The quantitative estimate of drug-likeness (QED) is 0.758. The van der Waals surface area contributed by atoms with E-state index in [9.17, 15) is 14.4 Å². The van der Waals surface area contributed by atoms with Gasteiger partial charge in [0.2, 0.25) is 0 Å². The number of hydrogen-bond donors (Lipinski definition) is 0. The monoisotopic (exact) mass is 304 g/mol. The van der Waals surface area contributed by atoms with Crippen LogP contribution in [0.3, 0.4) is 0 Å². The maximum absolute atomic E-state index is 12.7. The second-order valence-corrected chi connectivity index (χ2v) is 5.61. The lowest BCUT2D eigenvalue weighted by Crippen LogP contribution is -2.36. The van der Waals surface area contributed by atoms with Crippen LogP contribution in [-0.2, 0) is 9.59 Å². The van der Waals surface area contributed by atoms with Gasteiger partial charge in [0.1, 0.15) is 11.6 Å². The number of aromatic nitrogens is 2. The van der Waals surface area contributed by atoms with Crippen molar-refractivity contribution in [2.75, 3.05) is 0 Å². The Labute approximate surface area is 125 Å². The molecule has 1 aromatic heterocycles. The van der Waals surface area contributed by atoms with Gasteiger partial charge in [-0.1, -0.05) is 17.7 Å². The molecule has 3 rings (SSSR count). The largest absolute Gasteiger partial charge is 0.299 e. The first-order chi connectivity index (χ1) is 9.99. The van der Waals surface area contributed by atoms with Crippen LogP contribution in [0, 0.1) is 6.92 Å². The summed E-state index contributed by atoms with van der Waals surface area (Å²) >= 11 is 6.09. The van der Waals surface area contributed by atoms with Crippen LogP contribution in [0.1, 0.15) is 31.1 Å². The molecule has 1 saturated carbocycles. The molecule has 0 bridgehead atoms. The maximum atomic E-state index is 12.7. The highest BCUT2D eigenvalue weighted by molar-refractivity contribution is 6.35. The minimum absolute atomic E-state index is 0.0752. The van der Waals surface area contributed by atoms with E-state index in [1.165, 1.54) is 4.57 Å².